The molecule has 0 spiro atoms. The van der Waals surface area contributed by atoms with Gasteiger partial charge in [-0.1, -0.05) is 107 Å². The maximum atomic E-state index is 6.39. The monoisotopic (exact) mass is 754 g/mol. The molecule has 7 rings (SSSR count). The summed E-state index contributed by atoms with van der Waals surface area (Å²) in [5.74, 6) is 0. The Balaban J connectivity index is 0.000000194. The molecule has 0 aliphatic heterocycles. The third kappa shape index (κ3) is 6.36. The van der Waals surface area contributed by atoms with Crippen molar-refractivity contribution in [2.75, 3.05) is 0 Å². The van der Waals surface area contributed by atoms with Gasteiger partial charge in [-0.3, -0.25) is 4.98 Å². The first-order chi connectivity index (χ1) is 20.6. The number of nitrogens with zero attached hydrogens (tertiary/aromatic N) is 3. The molecule has 3 heterocycles. The molecule has 1 radical (unpaired) electrons. The molecule has 0 saturated carbocycles. The Hall–Kier alpha value is -4.18. The van der Waals surface area contributed by atoms with E-state index < -0.39 is 0 Å². The molecule has 4 aromatic carbocycles. The van der Waals surface area contributed by atoms with Crippen molar-refractivity contribution in [1.29, 1.82) is 0 Å². The first-order valence-electron chi connectivity index (χ1n) is 14.6. The van der Waals surface area contributed by atoms with Crippen LogP contribution in [0.2, 0.25) is 0 Å². The Kier molecular flexibility index (Phi) is 8.83. The van der Waals surface area contributed by atoms with E-state index in [2.05, 4.69) is 111 Å². The summed E-state index contributed by atoms with van der Waals surface area (Å²) in [5.41, 5.74) is 7.84. The van der Waals surface area contributed by atoms with Crippen LogP contribution in [0.3, 0.4) is 0 Å². The Bertz CT molecular complexity index is 2030. The Morgan fingerprint density at radius 1 is 0.614 bits per heavy atom. The number of hydrogen-bond acceptors (Lipinski definition) is 4. The van der Waals surface area contributed by atoms with Crippen LogP contribution in [0.15, 0.2) is 108 Å². The van der Waals surface area contributed by atoms with E-state index in [0.29, 0.717) is 0 Å². The molecule has 0 aliphatic carbocycles. The van der Waals surface area contributed by atoms with Crippen molar-refractivity contribution in [1.82, 2.24) is 15.0 Å². The van der Waals surface area contributed by atoms with Crippen LogP contribution in [0, 0.1) is 12.1 Å². The molecule has 0 N–H and O–H groups in total. The molecule has 0 bridgehead atoms. The van der Waals surface area contributed by atoms with E-state index in [-0.39, 0.29) is 30.9 Å². The Labute approximate surface area is 273 Å². The number of hydrogen-bond donors (Lipinski definition) is 0. The largest absolute Gasteiger partial charge is 0.500 e. The van der Waals surface area contributed by atoms with Crippen molar-refractivity contribution < 1.29 is 24.5 Å². The maximum Gasteiger partial charge on any atom is 0.128 e. The zero-order valence-electron chi connectivity index (χ0n) is 25.9. The minimum absolute atomic E-state index is 0. The minimum atomic E-state index is -0.0460. The van der Waals surface area contributed by atoms with Gasteiger partial charge in [0.25, 0.3) is 0 Å². The van der Waals surface area contributed by atoms with E-state index in [1.165, 1.54) is 10.9 Å². The number of benzene rings is 4. The van der Waals surface area contributed by atoms with Gasteiger partial charge in [0.15, 0.2) is 0 Å². The molecule has 0 aliphatic rings. The second-order valence-electron chi connectivity index (χ2n) is 12.9. The number of pyridine rings is 1. The van der Waals surface area contributed by atoms with Gasteiger partial charge < -0.3 is 9.40 Å². The van der Waals surface area contributed by atoms with E-state index >= 15 is 0 Å². The van der Waals surface area contributed by atoms with Gasteiger partial charge in [-0.25, -0.2) is 4.98 Å². The summed E-state index contributed by atoms with van der Waals surface area (Å²) < 4.78 is 6.39. The molecule has 3 aromatic heterocycles. The summed E-state index contributed by atoms with van der Waals surface area (Å²) in [5, 5.41) is 4.49. The van der Waals surface area contributed by atoms with Gasteiger partial charge >= 0.3 is 0 Å². The quantitative estimate of drug-likeness (QED) is 0.165. The van der Waals surface area contributed by atoms with E-state index in [9.17, 15) is 0 Å². The zero-order chi connectivity index (χ0) is 30.2. The average molecular weight is 754 g/mol. The van der Waals surface area contributed by atoms with Crippen molar-refractivity contribution in [3.63, 3.8) is 0 Å². The van der Waals surface area contributed by atoms with Crippen molar-refractivity contribution in [2.45, 2.75) is 52.4 Å². The van der Waals surface area contributed by atoms with E-state index in [1.807, 2.05) is 54.7 Å². The average Bonchev–Trinajstić information content (AvgIpc) is 3.41. The van der Waals surface area contributed by atoms with Crippen molar-refractivity contribution in [3.05, 3.63) is 127 Å². The molecule has 223 valence electrons. The first kappa shape index (κ1) is 31.3. The summed E-state index contributed by atoms with van der Waals surface area (Å²) in [6.45, 7) is 13.0. The fraction of sp³-hybridized carbons (Fsp3) is 0.205. The van der Waals surface area contributed by atoms with Crippen LogP contribution in [0.25, 0.3) is 55.2 Å². The maximum absolute atomic E-state index is 6.39. The molecule has 5 heteroatoms. The second-order valence-corrected chi connectivity index (χ2v) is 12.9. The van der Waals surface area contributed by atoms with Gasteiger partial charge in [0.1, 0.15) is 11.9 Å². The van der Waals surface area contributed by atoms with Crippen LogP contribution in [0.4, 0.5) is 0 Å². The SMILES string of the molecule is CC(C)(C)c1cc(-c2[c-]ccc3c2oc2c4ccccc4ccc32)ncn1.CC(C)(C)c1ccc(-c2[c-]cccc2)nc1.[Ir]. The molecule has 44 heavy (non-hydrogen) atoms. The third-order valence-electron chi connectivity index (χ3n) is 7.63. The van der Waals surface area contributed by atoms with Crippen LogP contribution in [0.1, 0.15) is 52.8 Å². The summed E-state index contributed by atoms with van der Waals surface area (Å²) in [4.78, 5) is 13.4. The first-order valence-corrected chi connectivity index (χ1v) is 14.6. The van der Waals surface area contributed by atoms with Crippen molar-refractivity contribution in [3.8, 4) is 22.5 Å². The van der Waals surface area contributed by atoms with Crippen molar-refractivity contribution >= 4 is 32.7 Å². The van der Waals surface area contributed by atoms with Gasteiger partial charge in [-0.2, -0.15) is 0 Å². The van der Waals surface area contributed by atoms with Crippen LogP contribution in [0.5, 0.6) is 0 Å². The molecular formula is C39H35IrN3O-2. The van der Waals surface area contributed by atoms with E-state index in [4.69, 9.17) is 4.42 Å². The van der Waals surface area contributed by atoms with Crippen LogP contribution < -0.4 is 0 Å². The molecule has 0 saturated heterocycles. The number of fused-ring (bicyclic) bond motifs is 5. The molecule has 7 aromatic rings. The smallest absolute Gasteiger partial charge is 0.128 e. The van der Waals surface area contributed by atoms with Crippen molar-refractivity contribution in [2.24, 2.45) is 0 Å². The standard InChI is InChI=1S/C24H19N2O.C15H16N.Ir/c1-24(2,3)21-13-20(25-14-26-21)19-10-6-9-17-18-12-11-15-7-4-5-8-16(15)22(18)27-23(17)19;1-15(2,3)13-9-10-14(16-11-13)12-7-5-4-6-8-12;/h4-9,11-14H,1-3H3;4-7,9-11H,1-3H3;/q2*-1;. The fourth-order valence-corrected chi connectivity index (χ4v) is 5.11. The van der Waals surface area contributed by atoms with Crippen LogP contribution in [-0.2, 0) is 30.9 Å². The molecule has 0 atom stereocenters. The minimum Gasteiger partial charge on any atom is -0.500 e. The normalized spacial score (nSPS) is 11.7. The van der Waals surface area contributed by atoms with Gasteiger partial charge in [-0.15, -0.1) is 54.1 Å². The molecule has 4 nitrogen and oxygen atoms in total. The second kappa shape index (κ2) is 12.4. The van der Waals surface area contributed by atoms with E-state index in [1.54, 1.807) is 6.33 Å². The summed E-state index contributed by atoms with van der Waals surface area (Å²) in [6, 6.07) is 37.2. The van der Waals surface area contributed by atoms with Gasteiger partial charge in [0.05, 0.1) is 5.58 Å². The predicted octanol–water partition coefficient (Wildman–Crippen LogP) is 10.1. The summed E-state index contributed by atoms with van der Waals surface area (Å²) in [7, 11) is 0. The van der Waals surface area contributed by atoms with Crippen LogP contribution >= 0.6 is 0 Å². The summed E-state index contributed by atoms with van der Waals surface area (Å²) >= 11 is 0. The number of aromatic nitrogens is 3. The summed E-state index contributed by atoms with van der Waals surface area (Å²) in [6.07, 6.45) is 3.58. The topological polar surface area (TPSA) is 51.8 Å². The molecule has 0 unspecified atom stereocenters. The number of rotatable bonds is 2. The third-order valence-corrected chi connectivity index (χ3v) is 7.63. The Morgan fingerprint density at radius 2 is 1.39 bits per heavy atom. The number of furan rings is 1. The van der Waals surface area contributed by atoms with Gasteiger partial charge in [-0.05, 0) is 27.8 Å². The fourth-order valence-electron chi connectivity index (χ4n) is 5.11. The Morgan fingerprint density at radius 3 is 2.09 bits per heavy atom. The zero-order valence-corrected chi connectivity index (χ0v) is 28.3. The van der Waals surface area contributed by atoms with Gasteiger partial charge in [0, 0.05) is 48.2 Å². The van der Waals surface area contributed by atoms with Gasteiger partial charge in [0.2, 0.25) is 0 Å². The molecule has 0 fully saturated rings. The van der Waals surface area contributed by atoms with Crippen LogP contribution in [-0.4, -0.2) is 15.0 Å². The predicted molar refractivity (Wildman–Crippen MR) is 177 cm³/mol. The molecule has 0 amide bonds. The molecular weight excluding hydrogens is 719 g/mol. The van der Waals surface area contributed by atoms with E-state index in [0.717, 1.165) is 55.5 Å².